The second-order valence-electron chi connectivity index (χ2n) is 5.69. The van der Waals surface area contributed by atoms with Gasteiger partial charge in [0.15, 0.2) is 0 Å². The highest BCUT2D eigenvalue weighted by molar-refractivity contribution is 8.00. The molecule has 2 rings (SSSR count). The van der Waals surface area contributed by atoms with Gasteiger partial charge >= 0.3 is 0 Å². The normalized spacial score (nSPS) is 20.1. The Morgan fingerprint density at radius 1 is 1.20 bits per heavy atom. The fourth-order valence-electron chi connectivity index (χ4n) is 2.44. The summed E-state index contributed by atoms with van der Waals surface area (Å²) >= 11 is 1.99. The van der Waals surface area contributed by atoms with Crippen molar-refractivity contribution in [2.45, 2.75) is 44.2 Å². The van der Waals surface area contributed by atoms with E-state index in [2.05, 4.69) is 49.7 Å². The number of pyridine rings is 1. The Hall–Kier alpha value is -0.580. The summed E-state index contributed by atoms with van der Waals surface area (Å²) in [6.07, 6.45) is 1.95. The molecule has 112 valence electrons. The quantitative estimate of drug-likeness (QED) is 0.827. The molecule has 1 aliphatic rings. The van der Waals surface area contributed by atoms with Crippen molar-refractivity contribution in [3.05, 3.63) is 29.6 Å². The molecular formula is C16H26N2OS. The molecule has 1 saturated heterocycles. The summed E-state index contributed by atoms with van der Waals surface area (Å²) in [7, 11) is 0. The van der Waals surface area contributed by atoms with Gasteiger partial charge in [0.1, 0.15) is 0 Å². The first kappa shape index (κ1) is 15.8. The van der Waals surface area contributed by atoms with Gasteiger partial charge < -0.3 is 4.74 Å². The van der Waals surface area contributed by atoms with E-state index in [-0.39, 0.29) is 0 Å². The molecule has 20 heavy (non-hydrogen) atoms. The fraction of sp³-hybridized carbons (Fsp3) is 0.688. The minimum Gasteiger partial charge on any atom is -0.379 e. The molecule has 0 bridgehead atoms. The van der Waals surface area contributed by atoms with Crippen molar-refractivity contribution in [1.82, 2.24) is 9.88 Å². The van der Waals surface area contributed by atoms with Crippen LogP contribution in [-0.4, -0.2) is 41.6 Å². The average Bonchev–Trinajstić information content (AvgIpc) is 2.48. The van der Waals surface area contributed by atoms with Gasteiger partial charge in [-0.05, 0) is 37.5 Å². The van der Waals surface area contributed by atoms with E-state index in [1.54, 1.807) is 0 Å². The van der Waals surface area contributed by atoms with E-state index in [0.717, 1.165) is 26.3 Å². The van der Waals surface area contributed by atoms with Crippen LogP contribution in [-0.2, 0) is 4.74 Å². The smallest absolute Gasteiger partial charge is 0.0594 e. The molecule has 0 aromatic carbocycles. The van der Waals surface area contributed by atoms with E-state index in [9.17, 15) is 0 Å². The molecule has 0 amide bonds. The summed E-state index contributed by atoms with van der Waals surface area (Å²) in [5.41, 5.74) is 2.57. The number of aromatic nitrogens is 1. The van der Waals surface area contributed by atoms with Gasteiger partial charge in [0.2, 0.25) is 0 Å². The maximum atomic E-state index is 5.42. The molecule has 0 aliphatic carbocycles. The predicted molar refractivity (Wildman–Crippen MR) is 86.2 cm³/mol. The van der Waals surface area contributed by atoms with E-state index in [1.165, 1.54) is 11.3 Å². The van der Waals surface area contributed by atoms with Gasteiger partial charge in [-0.3, -0.25) is 9.88 Å². The monoisotopic (exact) mass is 294 g/mol. The average molecular weight is 294 g/mol. The Bertz CT molecular complexity index is 419. The summed E-state index contributed by atoms with van der Waals surface area (Å²) < 4.78 is 5.42. The molecule has 1 aromatic rings. The highest BCUT2D eigenvalue weighted by atomic mass is 32.2. The highest BCUT2D eigenvalue weighted by Crippen LogP contribution is 2.33. The summed E-state index contributed by atoms with van der Waals surface area (Å²) in [5.74, 6) is 0.561. The number of morpholine rings is 1. The molecular weight excluding hydrogens is 268 g/mol. The van der Waals surface area contributed by atoms with Gasteiger partial charge in [-0.15, -0.1) is 11.8 Å². The van der Waals surface area contributed by atoms with Crippen LogP contribution in [0.15, 0.2) is 18.3 Å². The minimum absolute atomic E-state index is 0.423. The third-order valence-electron chi connectivity index (χ3n) is 3.85. The summed E-state index contributed by atoms with van der Waals surface area (Å²) in [5, 5.41) is 0.935. The molecule has 1 fully saturated rings. The summed E-state index contributed by atoms with van der Waals surface area (Å²) in [4.78, 5) is 7.05. The van der Waals surface area contributed by atoms with Gasteiger partial charge in [0, 0.05) is 24.5 Å². The first-order valence-electron chi connectivity index (χ1n) is 7.51. The van der Waals surface area contributed by atoms with Crippen molar-refractivity contribution in [2.24, 2.45) is 0 Å². The zero-order valence-corrected chi connectivity index (χ0v) is 13.8. The zero-order chi connectivity index (χ0) is 14.5. The number of hydrogen-bond acceptors (Lipinski definition) is 4. The van der Waals surface area contributed by atoms with Gasteiger partial charge in [0.05, 0.1) is 24.3 Å². The molecule has 0 spiro atoms. The van der Waals surface area contributed by atoms with Crippen LogP contribution < -0.4 is 0 Å². The van der Waals surface area contributed by atoms with E-state index >= 15 is 0 Å². The van der Waals surface area contributed by atoms with Crippen LogP contribution in [0.2, 0.25) is 0 Å². The Kier molecular flexibility index (Phi) is 5.87. The third-order valence-corrected chi connectivity index (χ3v) is 5.19. The first-order chi connectivity index (χ1) is 9.58. The van der Waals surface area contributed by atoms with E-state index in [1.807, 2.05) is 18.0 Å². The van der Waals surface area contributed by atoms with Crippen LogP contribution in [0.5, 0.6) is 0 Å². The molecule has 1 aromatic heterocycles. The maximum absolute atomic E-state index is 5.42. The lowest BCUT2D eigenvalue weighted by Crippen LogP contribution is -2.40. The van der Waals surface area contributed by atoms with Crippen LogP contribution >= 0.6 is 11.8 Å². The van der Waals surface area contributed by atoms with Crippen LogP contribution in [0, 0.1) is 0 Å². The van der Waals surface area contributed by atoms with E-state index < -0.39 is 0 Å². The van der Waals surface area contributed by atoms with Gasteiger partial charge in [0.25, 0.3) is 0 Å². The third kappa shape index (κ3) is 4.21. The van der Waals surface area contributed by atoms with Crippen LogP contribution in [0.3, 0.4) is 0 Å². The van der Waals surface area contributed by atoms with E-state index in [0.29, 0.717) is 16.5 Å². The van der Waals surface area contributed by atoms with Gasteiger partial charge in [-0.25, -0.2) is 0 Å². The molecule has 0 saturated carbocycles. The lowest BCUT2D eigenvalue weighted by atomic mass is 10.0. The minimum atomic E-state index is 0.423. The molecule has 2 heterocycles. The second kappa shape index (κ2) is 7.43. The lowest BCUT2D eigenvalue weighted by Gasteiger charge is -2.33. The number of thioether (sulfide) groups is 1. The zero-order valence-electron chi connectivity index (χ0n) is 13.0. The standard InChI is InChI=1S/C16H26N2OS/c1-12(2)15-5-6-17-16(11-15)13(3)20-14(4)18-7-9-19-10-8-18/h5-6,11-14H,7-10H2,1-4H3. The lowest BCUT2D eigenvalue weighted by molar-refractivity contribution is 0.0350. The van der Waals surface area contributed by atoms with E-state index in [4.69, 9.17) is 4.74 Å². The first-order valence-corrected chi connectivity index (χ1v) is 8.45. The van der Waals surface area contributed by atoms with Crippen LogP contribution in [0.1, 0.15) is 50.1 Å². The molecule has 1 aliphatic heterocycles. The SMILES string of the molecule is CC(C)c1ccnc(C(C)SC(C)N2CCOCC2)c1. The van der Waals surface area contributed by atoms with Crippen LogP contribution in [0.25, 0.3) is 0 Å². The Labute approximate surface area is 127 Å². The number of nitrogens with zero attached hydrogens (tertiary/aromatic N) is 2. The van der Waals surface area contributed by atoms with Crippen molar-refractivity contribution in [1.29, 1.82) is 0 Å². The molecule has 0 N–H and O–H groups in total. The molecule has 2 atom stereocenters. The molecule has 3 nitrogen and oxygen atoms in total. The Morgan fingerprint density at radius 2 is 1.90 bits per heavy atom. The van der Waals surface area contributed by atoms with Crippen molar-refractivity contribution in [3.8, 4) is 0 Å². The maximum Gasteiger partial charge on any atom is 0.0594 e. The Morgan fingerprint density at radius 3 is 2.55 bits per heavy atom. The topological polar surface area (TPSA) is 25.4 Å². The van der Waals surface area contributed by atoms with Crippen molar-refractivity contribution in [2.75, 3.05) is 26.3 Å². The highest BCUT2D eigenvalue weighted by Gasteiger charge is 2.20. The molecule has 2 unspecified atom stereocenters. The number of rotatable bonds is 5. The second-order valence-corrected chi connectivity index (χ2v) is 7.36. The van der Waals surface area contributed by atoms with Crippen molar-refractivity contribution < 1.29 is 4.74 Å². The van der Waals surface area contributed by atoms with Crippen molar-refractivity contribution in [3.63, 3.8) is 0 Å². The molecule has 4 heteroatoms. The number of ether oxygens (including phenoxy) is 1. The summed E-state index contributed by atoms with van der Waals surface area (Å²) in [6.45, 7) is 12.8. The molecule has 0 radical (unpaired) electrons. The Balaban J connectivity index is 1.96. The van der Waals surface area contributed by atoms with Gasteiger partial charge in [-0.2, -0.15) is 0 Å². The number of hydrogen-bond donors (Lipinski definition) is 0. The van der Waals surface area contributed by atoms with Crippen molar-refractivity contribution >= 4 is 11.8 Å². The largest absolute Gasteiger partial charge is 0.379 e. The predicted octanol–water partition coefficient (Wildman–Crippen LogP) is 3.68. The fourth-order valence-corrected chi connectivity index (χ4v) is 3.68. The van der Waals surface area contributed by atoms with Gasteiger partial charge in [-0.1, -0.05) is 13.8 Å². The van der Waals surface area contributed by atoms with Crippen LogP contribution in [0.4, 0.5) is 0 Å². The summed E-state index contributed by atoms with van der Waals surface area (Å²) in [6, 6.07) is 4.38.